The molecule has 2 N–H and O–H groups in total. The van der Waals surface area contributed by atoms with Crippen LogP contribution in [0.3, 0.4) is 0 Å². The Morgan fingerprint density at radius 3 is 3.11 bits per heavy atom. The zero-order chi connectivity index (χ0) is 13.0. The molecule has 0 aliphatic heterocycles. The second-order valence-corrected chi connectivity index (χ2v) is 6.51. The van der Waals surface area contributed by atoms with Crippen molar-refractivity contribution in [2.45, 2.75) is 61.5 Å². The van der Waals surface area contributed by atoms with E-state index >= 15 is 0 Å². The lowest BCUT2D eigenvalue weighted by Gasteiger charge is -2.37. The lowest BCUT2D eigenvalue weighted by Crippen LogP contribution is -2.51. The Morgan fingerprint density at radius 2 is 2.50 bits per heavy atom. The molecular weight excluding hydrogens is 244 g/mol. The molecule has 0 saturated heterocycles. The lowest BCUT2D eigenvalue weighted by atomic mass is 9.82. The third-order valence-corrected chi connectivity index (χ3v) is 4.42. The SMILES string of the molecule is CC(C)NC1(C#N)CCCC(Sc2ncc[nH]2)C1. The molecule has 98 valence electrons. The molecule has 1 aliphatic rings. The fraction of sp³-hybridized carbons (Fsp3) is 0.692. The number of aromatic amines is 1. The Labute approximate surface area is 113 Å². The van der Waals surface area contributed by atoms with E-state index in [2.05, 4.69) is 35.2 Å². The summed E-state index contributed by atoms with van der Waals surface area (Å²) in [7, 11) is 0. The first-order valence-electron chi connectivity index (χ1n) is 6.48. The molecule has 0 radical (unpaired) electrons. The van der Waals surface area contributed by atoms with Crippen molar-refractivity contribution in [1.29, 1.82) is 5.26 Å². The molecule has 0 aromatic carbocycles. The number of aromatic nitrogens is 2. The van der Waals surface area contributed by atoms with Crippen LogP contribution < -0.4 is 5.32 Å². The standard InChI is InChI=1S/C13H20N4S/c1-10(2)17-13(9-14)5-3-4-11(8-13)18-12-15-6-7-16-12/h6-7,10-11,17H,3-5,8H2,1-2H3,(H,15,16). The van der Waals surface area contributed by atoms with Gasteiger partial charge in [0.05, 0.1) is 6.07 Å². The van der Waals surface area contributed by atoms with Gasteiger partial charge in [-0.2, -0.15) is 5.26 Å². The van der Waals surface area contributed by atoms with Crippen LogP contribution in [0, 0.1) is 11.3 Å². The number of H-pyrrole nitrogens is 1. The number of nitriles is 1. The summed E-state index contributed by atoms with van der Waals surface area (Å²) < 4.78 is 0. The van der Waals surface area contributed by atoms with Gasteiger partial charge in [-0.3, -0.25) is 5.32 Å². The zero-order valence-electron chi connectivity index (χ0n) is 10.9. The molecule has 1 fully saturated rings. The second-order valence-electron chi connectivity index (χ2n) is 5.22. The van der Waals surface area contributed by atoms with Gasteiger partial charge in [0.15, 0.2) is 5.16 Å². The third-order valence-electron chi connectivity index (χ3n) is 3.24. The number of nitrogens with zero attached hydrogens (tertiary/aromatic N) is 2. The van der Waals surface area contributed by atoms with Crippen LogP contribution in [0.25, 0.3) is 0 Å². The molecule has 0 bridgehead atoms. The van der Waals surface area contributed by atoms with Crippen LogP contribution in [0.5, 0.6) is 0 Å². The molecular formula is C13H20N4S. The van der Waals surface area contributed by atoms with Crippen molar-refractivity contribution >= 4 is 11.8 Å². The minimum absolute atomic E-state index is 0.344. The van der Waals surface area contributed by atoms with E-state index in [1.165, 1.54) is 0 Å². The van der Waals surface area contributed by atoms with E-state index in [9.17, 15) is 5.26 Å². The molecule has 0 spiro atoms. The highest BCUT2D eigenvalue weighted by molar-refractivity contribution is 7.99. The van der Waals surface area contributed by atoms with E-state index in [1.54, 1.807) is 18.0 Å². The predicted octanol–water partition coefficient (Wildman–Crippen LogP) is 2.70. The minimum Gasteiger partial charge on any atom is -0.340 e. The van der Waals surface area contributed by atoms with Gasteiger partial charge < -0.3 is 4.98 Å². The monoisotopic (exact) mass is 264 g/mol. The second kappa shape index (κ2) is 5.77. The number of hydrogen-bond donors (Lipinski definition) is 2. The van der Waals surface area contributed by atoms with Gasteiger partial charge in [-0.15, -0.1) is 0 Å². The average molecular weight is 264 g/mol. The topological polar surface area (TPSA) is 64.5 Å². The first-order valence-corrected chi connectivity index (χ1v) is 7.36. The highest BCUT2D eigenvalue weighted by Crippen LogP contribution is 2.37. The van der Waals surface area contributed by atoms with Gasteiger partial charge in [0.25, 0.3) is 0 Å². The maximum absolute atomic E-state index is 9.49. The molecule has 4 nitrogen and oxygen atoms in total. The predicted molar refractivity (Wildman–Crippen MR) is 73.3 cm³/mol. The first-order chi connectivity index (χ1) is 8.63. The highest BCUT2D eigenvalue weighted by Gasteiger charge is 2.37. The van der Waals surface area contributed by atoms with Gasteiger partial charge in [-0.25, -0.2) is 4.98 Å². The van der Waals surface area contributed by atoms with Crippen LogP contribution in [0.15, 0.2) is 17.6 Å². The van der Waals surface area contributed by atoms with E-state index in [1.807, 2.05) is 6.20 Å². The average Bonchev–Trinajstić information content (AvgIpc) is 2.81. The quantitative estimate of drug-likeness (QED) is 0.877. The fourth-order valence-corrected chi connectivity index (χ4v) is 3.84. The van der Waals surface area contributed by atoms with E-state index in [0.29, 0.717) is 11.3 Å². The summed E-state index contributed by atoms with van der Waals surface area (Å²) in [5, 5.41) is 14.4. The summed E-state index contributed by atoms with van der Waals surface area (Å²) in [6.45, 7) is 4.20. The number of imidazole rings is 1. The first kappa shape index (κ1) is 13.4. The van der Waals surface area contributed by atoms with E-state index in [4.69, 9.17) is 0 Å². The summed E-state index contributed by atoms with van der Waals surface area (Å²) in [4.78, 5) is 7.37. The Balaban J connectivity index is 2.00. The van der Waals surface area contributed by atoms with E-state index < -0.39 is 0 Å². The fourth-order valence-electron chi connectivity index (χ4n) is 2.62. The molecule has 1 saturated carbocycles. The van der Waals surface area contributed by atoms with Crippen molar-refractivity contribution in [1.82, 2.24) is 15.3 Å². The van der Waals surface area contributed by atoms with Crippen molar-refractivity contribution in [2.24, 2.45) is 0 Å². The number of hydrogen-bond acceptors (Lipinski definition) is 4. The molecule has 1 aliphatic carbocycles. The van der Waals surface area contributed by atoms with Crippen LogP contribution in [-0.4, -0.2) is 26.8 Å². The van der Waals surface area contributed by atoms with Crippen LogP contribution in [0.2, 0.25) is 0 Å². The van der Waals surface area contributed by atoms with Crippen molar-refractivity contribution in [3.63, 3.8) is 0 Å². The molecule has 2 unspecified atom stereocenters. The molecule has 1 heterocycles. The normalized spacial score (nSPS) is 28.2. The molecule has 1 aromatic rings. The summed E-state index contributed by atoms with van der Waals surface area (Å²) >= 11 is 1.76. The molecule has 1 aromatic heterocycles. The van der Waals surface area contributed by atoms with Gasteiger partial charge in [-0.05, 0) is 39.5 Å². The molecule has 2 rings (SSSR count). The zero-order valence-corrected chi connectivity index (χ0v) is 11.8. The Kier molecular flexibility index (Phi) is 4.31. The van der Waals surface area contributed by atoms with E-state index in [0.717, 1.165) is 30.8 Å². The maximum Gasteiger partial charge on any atom is 0.165 e. The van der Waals surface area contributed by atoms with Crippen LogP contribution in [0.4, 0.5) is 0 Å². The van der Waals surface area contributed by atoms with Gasteiger partial charge in [0.1, 0.15) is 5.54 Å². The maximum atomic E-state index is 9.49. The van der Waals surface area contributed by atoms with Crippen LogP contribution in [0.1, 0.15) is 39.5 Å². The van der Waals surface area contributed by atoms with E-state index in [-0.39, 0.29) is 5.54 Å². The summed E-state index contributed by atoms with van der Waals surface area (Å²) in [5.74, 6) is 0. The van der Waals surface area contributed by atoms with Crippen molar-refractivity contribution in [2.75, 3.05) is 0 Å². The summed E-state index contributed by atoms with van der Waals surface area (Å²) in [6.07, 6.45) is 7.73. The molecule has 5 heteroatoms. The number of rotatable bonds is 4. The van der Waals surface area contributed by atoms with Gasteiger partial charge in [0, 0.05) is 23.7 Å². The lowest BCUT2D eigenvalue weighted by molar-refractivity contribution is 0.284. The summed E-state index contributed by atoms with van der Waals surface area (Å²) in [5.41, 5.74) is -0.351. The van der Waals surface area contributed by atoms with Gasteiger partial charge in [0.2, 0.25) is 0 Å². The molecule has 0 amide bonds. The number of nitrogens with one attached hydrogen (secondary N) is 2. The van der Waals surface area contributed by atoms with Gasteiger partial charge in [-0.1, -0.05) is 11.8 Å². The Morgan fingerprint density at radius 1 is 1.67 bits per heavy atom. The van der Waals surface area contributed by atoms with Crippen molar-refractivity contribution < 1.29 is 0 Å². The molecule has 18 heavy (non-hydrogen) atoms. The minimum atomic E-state index is -0.351. The summed E-state index contributed by atoms with van der Waals surface area (Å²) in [6, 6.07) is 2.85. The number of thioether (sulfide) groups is 1. The Hall–Kier alpha value is -0.990. The van der Waals surface area contributed by atoms with Crippen LogP contribution in [-0.2, 0) is 0 Å². The largest absolute Gasteiger partial charge is 0.340 e. The smallest absolute Gasteiger partial charge is 0.165 e. The van der Waals surface area contributed by atoms with Gasteiger partial charge >= 0.3 is 0 Å². The van der Waals surface area contributed by atoms with Crippen molar-refractivity contribution in [3.05, 3.63) is 12.4 Å². The molecule has 2 atom stereocenters. The highest BCUT2D eigenvalue weighted by atomic mass is 32.2. The van der Waals surface area contributed by atoms with Crippen LogP contribution >= 0.6 is 11.8 Å². The third kappa shape index (κ3) is 3.27. The van der Waals surface area contributed by atoms with Crippen molar-refractivity contribution in [3.8, 4) is 6.07 Å². The Bertz CT molecular complexity index is 409.